The third-order valence-electron chi connectivity index (χ3n) is 2.82. The molecule has 18 heavy (non-hydrogen) atoms. The molecule has 1 heterocycles. The highest BCUT2D eigenvalue weighted by Crippen LogP contribution is 2.34. The van der Waals surface area contributed by atoms with Crippen molar-refractivity contribution >= 4 is 16.9 Å². The fourth-order valence-electron chi connectivity index (χ4n) is 1.89. The summed E-state index contributed by atoms with van der Waals surface area (Å²) in [6.45, 7) is 6.53. The topological polar surface area (TPSA) is 33.6 Å². The molecule has 0 aliphatic carbocycles. The highest BCUT2D eigenvalue weighted by molar-refractivity contribution is 8.14. The first-order valence-corrected chi connectivity index (χ1v) is 7.29. The molecule has 2 unspecified atom stereocenters. The summed E-state index contributed by atoms with van der Waals surface area (Å²) in [6.07, 6.45) is 0.231. The molecular weight excluding hydrogens is 244 g/mol. The Morgan fingerprint density at radius 2 is 2.22 bits per heavy atom. The van der Waals surface area contributed by atoms with Gasteiger partial charge in [-0.2, -0.15) is 0 Å². The van der Waals surface area contributed by atoms with Gasteiger partial charge in [-0.15, -0.1) is 0 Å². The van der Waals surface area contributed by atoms with E-state index in [9.17, 15) is 0 Å². The van der Waals surface area contributed by atoms with Gasteiger partial charge < -0.3 is 10.1 Å². The minimum atomic E-state index is 0.231. The van der Waals surface area contributed by atoms with Gasteiger partial charge in [0.1, 0.15) is 0 Å². The lowest BCUT2D eigenvalue weighted by Crippen LogP contribution is -2.29. The van der Waals surface area contributed by atoms with Crippen LogP contribution in [-0.2, 0) is 4.74 Å². The molecule has 0 saturated heterocycles. The number of nitrogens with one attached hydrogen (secondary N) is 1. The smallest absolute Gasteiger partial charge is 0.157 e. The number of rotatable bonds is 5. The van der Waals surface area contributed by atoms with Crippen LogP contribution in [0.15, 0.2) is 35.3 Å². The molecule has 4 heteroatoms. The van der Waals surface area contributed by atoms with Gasteiger partial charge in [0.15, 0.2) is 5.17 Å². The molecule has 0 bridgehead atoms. The number of hydrogen-bond acceptors (Lipinski definition) is 4. The second kappa shape index (κ2) is 6.81. The number of thioether (sulfide) groups is 1. The molecule has 1 aromatic carbocycles. The molecular formula is C14H20N2OS. The Balaban J connectivity index is 1.78. The highest BCUT2D eigenvalue weighted by Gasteiger charge is 2.21. The van der Waals surface area contributed by atoms with Crippen LogP contribution in [0.5, 0.6) is 0 Å². The minimum Gasteiger partial charge on any atom is -0.377 e. The summed E-state index contributed by atoms with van der Waals surface area (Å²) in [7, 11) is 0. The van der Waals surface area contributed by atoms with Crippen LogP contribution >= 0.6 is 11.8 Å². The van der Waals surface area contributed by atoms with Gasteiger partial charge in [-0.25, -0.2) is 0 Å². The first kappa shape index (κ1) is 13.4. The summed E-state index contributed by atoms with van der Waals surface area (Å²) in [5, 5.41) is 4.85. The quantitative estimate of drug-likeness (QED) is 0.888. The second-order valence-electron chi connectivity index (χ2n) is 4.31. The van der Waals surface area contributed by atoms with Crippen molar-refractivity contribution in [1.82, 2.24) is 5.32 Å². The molecule has 1 aromatic rings. The summed E-state index contributed by atoms with van der Waals surface area (Å²) >= 11 is 1.81. The lowest BCUT2D eigenvalue weighted by molar-refractivity contribution is 0.0796. The van der Waals surface area contributed by atoms with E-state index in [-0.39, 0.29) is 6.10 Å². The van der Waals surface area contributed by atoms with E-state index >= 15 is 0 Å². The van der Waals surface area contributed by atoms with E-state index in [0.717, 1.165) is 24.9 Å². The van der Waals surface area contributed by atoms with Crippen molar-refractivity contribution in [2.75, 3.05) is 19.7 Å². The van der Waals surface area contributed by atoms with Crippen LogP contribution in [0.4, 0.5) is 0 Å². The third kappa shape index (κ3) is 3.75. The number of nitrogens with zero attached hydrogens (tertiary/aromatic N) is 1. The summed E-state index contributed by atoms with van der Waals surface area (Å²) in [5.74, 6) is 0. The zero-order valence-corrected chi connectivity index (χ0v) is 11.7. The number of aliphatic imine (C=N–C) groups is 1. The lowest BCUT2D eigenvalue weighted by atomic mass is 10.1. The predicted molar refractivity (Wildman–Crippen MR) is 78.2 cm³/mol. The number of hydrogen-bond donors (Lipinski definition) is 1. The van der Waals surface area contributed by atoms with Crippen LogP contribution in [0.1, 0.15) is 24.7 Å². The monoisotopic (exact) mass is 264 g/mol. The van der Waals surface area contributed by atoms with E-state index in [1.165, 1.54) is 5.56 Å². The van der Waals surface area contributed by atoms with E-state index in [0.29, 0.717) is 5.25 Å². The van der Waals surface area contributed by atoms with Crippen molar-refractivity contribution in [3.63, 3.8) is 0 Å². The first-order valence-electron chi connectivity index (χ1n) is 6.41. The highest BCUT2D eigenvalue weighted by atomic mass is 32.2. The maximum Gasteiger partial charge on any atom is 0.157 e. The molecule has 0 radical (unpaired) electrons. The van der Waals surface area contributed by atoms with Gasteiger partial charge in [-0.05, 0) is 19.4 Å². The molecule has 98 valence electrons. The molecule has 0 aromatic heterocycles. The van der Waals surface area contributed by atoms with Crippen molar-refractivity contribution in [2.24, 2.45) is 4.99 Å². The van der Waals surface area contributed by atoms with Gasteiger partial charge in [0, 0.05) is 13.2 Å². The van der Waals surface area contributed by atoms with Crippen molar-refractivity contribution in [3.05, 3.63) is 35.9 Å². The standard InChI is InChI=1S/C14H20N2OS/c1-3-17-11(2)9-15-14-16-10-13(18-14)12-7-5-4-6-8-12/h4-8,11,13H,3,9-10H2,1-2H3,(H,15,16). The van der Waals surface area contributed by atoms with E-state index in [1.807, 2.05) is 24.8 Å². The van der Waals surface area contributed by atoms with Crippen molar-refractivity contribution in [1.29, 1.82) is 0 Å². The van der Waals surface area contributed by atoms with Gasteiger partial charge >= 0.3 is 0 Å². The Bertz CT molecular complexity index is 394. The van der Waals surface area contributed by atoms with E-state index in [2.05, 4.69) is 41.5 Å². The maximum atomic E-state index is 5.49. The fraction of sp³-hybridized carbons (Fsp3) is 0.500. The molecule has 2 rings (SSSR count). The summed E-state index contributed by atoms with van der Waals surface area (Å²) in [5.41, 5.74) is 1.35. The van der Waals surface area contributed by atoms with Crippen LogP contribution in [0.25, 0.3) is 0 Å². The van der Waals surface area contributed by atoms with Crippen LogP contribution in [0.2, 0.25) is 0 Å². The van der Waals surface area contributed by atoms with Gasteiger partial charge in [0.25, 0.3) is 0 Å². The van der Waals surface area contributed by atoms with Crippen molar-refractivity contribution in [3.8, 4) is 0 Å². The molecule has 0 fully saturated rings. The molecule has 3 nitrogen and oxygen atoms in total. The largest absolute Gasteiger partial charge is 0.377 e. The van der Waals surface area contributed by atoms with Crippen molar-refractivity contribution < 1.29 is 4.74 Å². The first-order chi connectivity index (χ1) is 8.79. The minimum absolute atomic E-state index is 0.231. The van der Waals surface area contributed by atoms with Crippen LogP contribution < -0.4 is 5.32 Å². The summed E-state index contributed by atoms with van der Waals surface area (Å²) in [6, 6.07) is 10.5. The average molecular weight is 264 g/mol. The van der Waals surface area contributed by atoms with Gasteiger partial charge in [-0.3, -0.25) is 4.99 Å². The average Bonchev–Trinajstić information content (AvgIpc) is 2.87. The fourth-order valence-corrected chi connectivity index (χ4v) is 2.92. The van der Waals surface area contributed by atoms with Crippen LogP contribution in [0, 0.1) is 0 Å². The van der Waals surface area contributed by atoms with Crippen LogP contribution in [0.3, 0.4) is 0 Å². The molecule has 1 aliphatic heterocycles. The van der Waals surface area contributed by atoms with Crippen LogP contribution in [-0.4, -0.2) is 31.0 Å². The molecule has 0 spiro atoms. The van der Waals surface area contributed by atoms with E-state index in [4.69, 9.17) is 4.74 Å². The number of amidine groups is 1. The van der Waals surface area contributed by atoms with E-state index < -0.39 is 0 Å². The molecule has 2 atom stereocenters. The number of ether oxygens (including phenoxy) is 1. The zero-order valence-electron chi connectivity index (χ0n) is 10.9. The Hall–Kier alpha value is -1.00. The Labute approximate surface area is 113 Å². The summed E-state index contributed by atoms with van der Waals surface area (Å²) in [4.78, 5) is 4.54. The zero-order chi connectivity index (χ0) is 12.8. The normalized spacial score (nSPS) is 20.6. The van der Waals surface area contributed by atoms with Crippen molar-refractivity contribution in [2.45, 2.75) is 25.2 Å². The van der Waals surface area contributed by atoms with Gasteiger partial charge in [0.05, 0.1) is 17.9 Å². The van der Waals surface area contributed by atoms with Gasteiger partial charge in [0.2, 0.25) is 0 Å². The Kier molecular flexibility index (Phi) is 5.08. The third-order valence-corrected chi connectivity index (χ3v) is 4.02. The van der Waals surface area contributed by atoms with E-state index in [1.54, 1.807) is 0 Å². The SMILES string of the molecule is CCOC(C)CNC1=NCC(c2ccccc2)S1. The lowest BCUT2D eigenvalue weighted by Gasteiger charge is -2.13. The van der Waals surface area contributed by atoms with Gasteiger partial charge in [-0.1, -0.05) is 42.1 Å². The molecule has 1 N–H and O–H groups in total. The number of benzene rings is 1. The second-order valence-corrected chi connectivity index (χ2v) is 5.50. The maximum absolute atomic E-state index is 5.49. The Morgan fingerprint density at radius 3 is 2.94 bits per heavy atom. The molecule has 1 aliphatic rings. The molecule has 0 amide bonds. The predicted octanol–water partition coefficient (Wildman–Crippen LogP) is 2.85. The molecule has 0 saturated carbocycles. The Morgan fingerprint density at radius 1 is 1.44 bits per heavy atom. The summed E-state index contributed by atoms with van der Waals surface area (Å²) < 4.78 is 5.49.